The molecule has 170 valence electrons. The molecule has 1 fully saturated rings. The molecule has 2 aliphatic heterocycles. The predicted octanol–water partition coefficient (Wildman–Crippen LogP) is 4.12. The first kappa shape index (κ1) is 22.4. The van der Waals surface area contributed by atoms with Gasteiger partial charge >= 0.3 is 0 Å². The van der Waals surface area contributed by atoms with E-state index in [0.29, 0.717) is 32.8 Å². The third-order valence-electron chi connectivity index (χ3n) is 5.16. The Hall–Kier alpha value is -3.44. The van der Waals surface area contributed by atoms with E-state index in [4.69, 9.17) is 16.7 Å². The number of carbonyl (C=O) groups excluding carboxylic acids is 2. The summed E-state index contributed by atoms with van der Waals surface area (Å²) in [7, 11) is -3.85. The lowest BCUT2D eigenvalue weighted by Crippen LogP contribution is -2.29. The van der Waals surface area contributed by atoms with Crippen LogP contribution in [-0.4, -0.2) is 25.4 Å². The van der Waals surface area contributed by atoms with E-state index < -0.39 is 15.9 Å². The number of benzene rings is 3. The van der Waals surface area contributed by atoms with Gasteiger partial charge in [0.1, 0.15) is 0 Å². The minimum absolute atomic E-state index is 0.0526. The highest BCUT2D eigenvalue weighted by Crippen LogP contribution is 2.44. The minimum Gasteiger partial charge on any atom is -0.321 e. The average molecular weight is 511 g/mol. The lowest BCUT2D eigenvalue weighted by atomic mass is 10.1. The number of carbonyl (C=O) groups is 2. The molecule has 11 heteroatoms. The monoisotopic (exact) mass is 510 g/mol. The molecular formula is C23H15ClN4O4S2. The fraction of sp³-hybridized carbons (Fsp3) is 0. The van der Waals surface area contributed by atoms with Crippen molar-refractivity contribution < 1.29 is 18.0 Å². The summed E-state index contributed by atoms with van der Waals surface area (Å²) < 4.78 is 23.1. The molecule has 0 aliphatic carbocycles. The number of amidine groups is 1. The van der Waals surface area contributed by atoms with Gasteiger partial charge < -0.3 is 5.32 Å². The van der Waals surface area contributed by atoms with Gasteiger partial charge in [-0.2, -0.15) is 0 Å². The summed E-state index contributed by atoms with van der Waals surface area (Å²) in [6, 6.07) is 19.4. The molecule has 3 N–H and O–H groups in total. The molecule has 0 bridgehead atoms. The Bertz CT molecular complexity index is 1520. The zero-order valence-corrected chi connectivity index (χ0v) is 19.6. The van der Waals surface area contributed by atoms with Crippen molar-refractivity contribution in [3.05, 3.63) is 88.3 Å². The van der Waals surface area contributed by atoms with Crippen molar-refractivity contribution in [2.75, 3.05) is 10.2 Å². The first-order chi connectivity index (χ1) is 16.2. The molecule has 0 spiro atoms. The third-order valence-corrected chi connectivity index (χ3v) is 7.38. The highest BCUT2D eigenvalue weighted by atomic mass is 35.5. The summed E-state index contributed by atoms with van der Waals surface area (Å²) in [6.07, 6.45) is 0. The summed E-state index contributed by atoms with van der Waals surface area (Å²) in [5.41, 5.74) is 2.47. The Morgan fingerprint density at radius 2 is 1.62 bits per heavy atom. The largest absolute Gasteiger partial charge is 0.321 e. The van der Waals surface area contributed by atoms with E-state index >= 15 is 0 Å². The number of hydrogen-bond donors (Lipinski definition) is 2. The molecule has 3 aromatic carbocycles. The van der Waals surface area contributed by atoms with Crippen molar-refractivity contribution in [2.45, 2.75) is 4.90 Å². The second-order valence-corrected chi connectivity index (χ2v) is 10.3. The minimum atomic E-state index is -3.85. The zero-order chi connectivity index (χ0) is 24.0. The van der Waals surface area contributed by atoms with Crippen molar-refractivity contribution in [2.24, 2.45) is 10.1 Å². The number of nitrogens with two attached hydrogens (primary N) is 1. The summed E-state index contributed by atoms with van der Waals surface area (Å²) in [5, 5.41) is 8.75. The van der Waals surface area contributed by atoms with Crippen LogP contribution >= 0.6 is 23.4 Å². The molecule has 1 saturated heterocycles. The Labute approximate surface area is 204 Å². The van der Waals surface area contributed by atoms with Gasteiger partial charge in [-0.25, -0.2) is 18.5 Å². The molecule has 2 amide bonds. The van der Waals surface area contributed by atoms with Gasteiger partial charge in [0, 0.05) is 16.3 Å². The first-order valence-electron chi connectivity index (χ1n) is 9.87. The van der Waals surface area contributed by atoms with Crippen molar-refractivity contribution in [3.8, 4) is 0 Å². The van der Waals surface area contributed by atoms with E-state index in [1.54, 1.807) is 48.5 Å². The fourth-order valence-corrected chi connectivity index (χ4v) is 5.32. The van der Waals surface area contributed by atoms with Crippen LogP contribution in [0.2, 0.25) is 5.02 Å². The Morgan fingerprint density at radius 3 is 2.29 bits per heavy atom. The molecule has 0 unspecified atom stereocenters. The third kappa shape index (κ3) is 4.01. The van der Waals surface area contributed by atoms with Gasteiger partial charge in [0.25, 0.3) is 11.8 Å². The number of amides is 2. The number of thioether (sulfide) groups is 1. The van der Waals surface area contributed by atoms with Gasteiger partial charge in [-0.1, -0.05) is 29.8 Å². The van der Waals surface area contributed by atoms with Crippen LogP contribution in [0.4, 0.5) is 17.1 Å². The molecule has 2 heterocycles. The first-order valence-corrected chi connectivity index (χ1v) is 12.6. The number of aliphatic imine (C=N–C) groups is 1. The maximum atomic E-state index is 13.6. The second kappa shape index (κ2) is 8.41. The van der Waals surface area contributed by atoms with Crippen LogP contribution < -0.4 is 15.4 Å². The van der Waals surface area contributed by atoms with Crippen LogP contribution in [-0.2, 0) is 19.6 Å². The van der Waals surface area contributed by atoms with Gasteiger partial charge in [0.15, 0.2) is 5.17 Å². The number of fused-ring (bicyclic) bond motifs is 1. The number of halogens is 1. The van der Waals surface area contributed by atoms with Crippen LogP contribution in [0.15, 0.2) is 87.6 Å². The molecule has 0 radical (unpaired) electrons. The average Bonchev–Trinajstić information content (AvgIpc) is 3.29. The highest BCUT2D eigenvalue weighted by Gasteiger charge is 2.40. The second-order valence-electron chi connectivity index (χ2n) is 7.36. The Balaban J connectivity index is 1.64. The fourth-order valence-electron chi connectivity index (χ4n) is 3.58. The molecule has 0 saturated carbocycles. The Morgan fingerprint density at radius 1 is 0.941 bits per heavy atom. The van der Waals surface area contributed by atoms with Crippen LogP contribution in [0.3, 0.4) is 0 Å². The van der Waals surface area contributed by atoms with E-state index in [9.17, 15) is 18.0 Å². The van der Waals surface area contributed by atoms with Crippen molar-refractivity contribution >= 4 is 73.0 Å². The lowest BCUT2D eigenvalue weighted by molar-refractivity contribution is -0.114. The number of hydrogen-bond acceptors (Lipinski definition) is 6. The van der Waals surface area contributed by atoms with E-state index in [0.717, 1.165) is 11.8 Å². The van der Waals surface area contributed by atoms with Gasteiger partial charge in [0.05, 0.1) is 26.7 Å². The highest BCUT2D eigenvalue weighted by molar-refractivity contribution is 8.19. The van der Waals surface area contributed by atoms with Crippen LogP contribution in [0.1, 0.15) is 5.56 Å². The maximum absolute atomic E-state index is 13.6. The van der Waals surface area contributed by atoms with Gasteiger partial charge in [-0.3, -0.25) is 14.5 Å². The van der Waals surface area contributed by atoms with Crippen LogP contribution in [0.5, 0.6) is 0 Å². The van der Waals surface area contributed by atoms with Gasteiger partial charge in [-0.15, -0.1) is 0 Å². The molecule has 3 aromatic rings. The molecular weight excluding hydrogens is 496 g/mol. The standard InChI is InChI=1S/C23H15ClN4O4S2/c24-13-5-9-15(10-6-13)28-22(30)20(19-17-3-1-2-4-18(17)27-21(19)29)33-23(28)26-14-7-11-16(12-8-14)34(25,31)32/h1-12H,(H,27,29)(H2,25,31,32)/b20-19-,26-23-. The van der Waals surface area contributed by atoms with Crippen LogP contribution in [0, 0.1) is 0 Å². The summed E-state index contributed by atoms with van der Waals surface area (Å²) in [6.45, 7) is 0. The smallest absolute Gasteiger partial charge is 0.272 e. The van der Waals surface area contributed by atoms with Gasteiger partial charge in [0.2, 0.25) is 10.0 Å². The maximum Gasteiger partial charge on any atom is 0.272 e. The quantitative estimate of drug-likeness (QED) is 0.513. The van der Waals surface area contributed by atoms with Gasteiger partial charge in [-0.05, 0) is 66.4 Å². The molecule has 34 heavy (non-hydrogen) atoms. The summed E-state index contributed by atoms with van der Waals surface area (Å²) in [5.74, 6) is -0.777. The molecule has 0 atom stereocenters. The summed E-state index contributed by atoms with van der Waals surface area (Å²) >= 11 is 7.08. The number of rotatable bonds is 3. The van der Waals surface area contributed by atoms with Crippen molar-refractivity contribution in [1.82, 2.24) is 0 Å². The molecule has 8 nitrogen and oxygen atoms in total. The topological polar surface area (TPSA) is 122 Å². The Kier molecular flexibility index (Phi) is 5.53. The van der Waals surface area contributed by atoms with Crippen LogP contribution in [0.25, 0.3) is 5.57 Å². The van der Waals surface area contributed by atoms with E-state index in [1.807, 2.05) is 0 Å². The van der Waals surface area contributed by atoms with E-state index in [2.05, 4.69) is 10.3 Å². The van der Waals surface area contributed by atoms with Crippen molar-refractivity contribution in [1.29, 1.82) is 0 Å². The molecule has 5 rings (SSSR count). The van der Waals surface area contributed by atoms with Crippen molar-refractivity contribution in [3.63, 3.8) is 0 Å². The van der Waals surface area contributed by atoms with E-state index in [-0.39, 0.29) is 21.3 Å². The normalized spacial score (nSPS) is 19.0. The number of para-hydroxylation sites is 1. The number of primary sulfonamides is 1. The van der Waals surface area contributed by atoms with E-state index in [1.165, 1.54) is 29.2 Å². The zero-order valence-electron chi connectivity index (χ0n) is 17.2. The number of sulfonamides is 1. The number of anilines is 2. The number of nitrogens with one attached hydrogen (secondary N) is 1. The molecule has 2 aliphatic rings. The summed E-state index contributed by atoms with van der Waals surface area (Å²) in [4.78, 5) is 32.5. The lowest BCUT2D eigenvalue weighted by Gasteiger charge is -2.15. The SMILES string of the molecule is NS(=O)(=O)c1ccc(/N=C2\S/C(=C3\C(=O)Nc4ccccc43)C(=O)N2c2ccc(Cl)cc2)cc1. The molecule has 0 aromatic heterocycles. The predicted molar refractivity (Wildman–Crippen MR) is 133 cm³/mol. The number of nitrogens with zero attached hydrogens (tertiary/aromatic N) is 2.